The monoisotopic (exact) mass is 456 g/mol. The van der Waals surface area contributed by atoms with Crippen molar-refractivity contribution in [2.75, 3.05) is 49.6 Å². The van der Waals surface area contributed by atoms with Gasteiger partial charge in [-0.15, -0.1) is 5.10 Å². The van der Waals surface area contributed by atoms with Gasteiger partial charge in [0.1, 0.15) is 18.0 Å². The molecule has 0 saturated carbocycles. The number of nitrogens with zero attached hydrogens (tertiary/aromatic N) is 5. The van der Waals surface area contributed by atoms with Gasteiger partial charge in [-0.05, 0) is 55.7 Å². The van der Waals surface area contributed by atoms with Crippen molar-refractivity contribution in [3.8, 4) is 5.69 Å². The van der Waals surface area contributed by atoms with Gasteiger partial charge in [0.05, 0.1) is 18.9 Å². The Kier molecular flexibility index (Phi) is 6.24. The van der Waals surface area contributed by atoms with Crippen LogP contribution in [0, 0.1) is 18.6 Å². The number of anilines is 3. The summed E-state index contributed by atoms with van der Waals surface area (Å²) in [6.45, 7) is 7.84. The molecule has 2 aliphatic heterocycles. The van der Waals surface area contributed by atoms with Crippen LogP contribution in [0.25, 0.3) is 5.69 Å². The average Bonchev–Trinajstić information content (AvgIpc) is 3.27. The van der Waals surface area contributed by atoms with E-state index in [1.165, 1.54) is 28.8 Å². The number of benzene rings is 2. The molecule has 9 heteroatoms. The molecule has 3 aromatic rings. The number of nitrogens with one attached hydrogen (secondary N) is 1. The lowest BCUT2D eigenvalue weighted by molar-refractivity contribution is 0.0115. The highest BCUT2D eigenvalue weighted by Crippen LogP contribution is 2.28. The van der Waals surface area contributed by atoms with Crippen LogP contribution < -0.4 is 10.2 Å². The van der Waals surface area contributed by atoms with Crippen LogP contribution in [0.5, 0.6) is 0 Å². The topological polar surface area (TPSA) is 58.5 Å². The molecule has 0 atom stereocenters. The number of halogens is 2. The number of morpholine rings is 1. The molecule has 2 aromatic carbocycles. The van der Waals surface area contributed by atoms with Crippen molar-refractivity contribution in [2.45, 2.75) is 25.8 Å². The smallest absolute Gasteiger partial charge is 0.246 e. The van der Waals surface area contributed by atoms with Crippen LogP contribution in [0.4, 0.5) is 26.1 Å². The predicted octanol–water partition coefficient (Wildman–Crippen LogP) is 4.14. The standard InChI is InChI=1S/C24H28F2N6O.H2/c1-17-10-20(28-24-27-16-32(29-24)23-13-18(25)12-19(26)14-23)15-22(11-17)30-4-2-21(3-5-30)31-6-8-33-9-7-31;/h10-16,21H,2-9H2,1H3,(H,28,29);1H. The SMILES string of the molecule is Cc1cc(Nc2ncn(-c3cc(F)cc(F)c3)n2)cc(N2CCC(N3CCOCC3)CC2)c1.[HH]. The van der Waals surface area contributed by atoms with Crippen LogP contribution in [0.2, 0.25) is 0 Å². The number of aromatic nitrogens is 3. The van der Waals surface area contributed by atoms with Crippen LogP contribution in [-0.4, -0.2) is 65.1 Å². The van der Waals surface area contributed by atoms with Crippen LogP contribution >= 0.6 is 0 Å². The van der Waals surface area contributed by atoms with E-state index in [9.17, 15) is 8.78 Å². The maximum absolute atomic E-state index is 13.5. The minimum atomic E-state index is -0.657. The van der Waals surface area contributed by atoms with Crippen molar-refractivity contribution in [3.05, 3.63) is 59.9 Å². The Bertz CT molecular complexity index is 1090. The zero-order chi connectivity index (χ0) is 22.8. The zero-order valence-corrected chi connectivity index (χ0v) is 18.7. The normalized spacial score (nSPS) is 18.0. The van der Waals surface area contributed by atoms with Crippen molar-refractivity contribution < 1.29 is 14.9 Å². The number of hydrogen-bond donors (Lipinski definition) is 1. The minimum Gasteiger partial charge on any atom is -0.379 e. The number of aryl methyl sites for hydroxylation is 1. The first-order chi connectivity index (χ1) is 16.0. The summed E-state index contributed by atoms with van der Waals surface area (Å²) in [5, 5.41) is 7.55. The van der Waals surface area contributed by atoms with Crippen molar-refractivity contribution in [3.63, 3.8) is 0 Å². The van der Waals surface area contributed by atoms with Crippen LogP contribution in [0.1, 0.15) is 19.8 Å². The molecule has 176 valence electrons. The Balaban J connectivity index is 0.00000274. The van der Waals surface area contributed by atoms with Gasteiger partial charge >= 0.3 is 0 Å². The minimum absolute atomic E-state index is 0. The van der Waals surface area contributed by atoms with E-state index in [4.69, 9.17) is 4.74 Å². The molecule has 0 spiro atoms. The molecule has 2 aliphatic rings. The van der Waals surface area contributed by atoms with E-state index in [1.54, 1.807) is 0 Å². The molecular formula is C24H30F2N6O. The highest BCUT2D eigenvalue weighted by atomic mass is 19.1. The predicted molar refractivity (Wildman–Crippen MR) is 125 cm³/mol. The fraction of sp³-hybridized carbons (Fsp3) is 0.417. The van der Waals surface area contributed by atoms with Gasteiger partial charge in [0, 0.05) is 51.1 Å². The summed E-state index contributed by atoms with van der Waals surface area (Å²) in [6.07, 6.45) is 3.73. The highest BCUT2D eigenvalue weighted by Gasteiger charge is 2.26. The lowest BCUT2D eigenvalue weighted by Crippen LogP contribution is -2.49. The van der Waals surface area contributed by atoms with Crippen molar-refractivity contribution in [1.29, 1.82) is 0 Å². The maximum Gasteiger partial charge on any atom is 0.246 e. The lowest BCUT2D eigenvalue weighted by atomic mass is 10.0. The number of hydrogen-bond acceptors (Lipinski definition) is 6. The second-order valence-electron chi connectivity index (χ2n) is 8.69. The quantitative estimate of drug-likeness (QED) is 0.623. The second kappa shape index (κ2) is 9.44. The van der Waals surface area contributed by atoms with Crippen molar-refractivity contribution >= 4 is 17.3 Å². The molecule has 3 heterocycles. The van der Waals surface area contributed by atoms with Crippen LogP contribution in [-0.2, 0) is 4.74 Å². The molecule has 5 rings (SSSR count). The van der Waals surface area contributed by atoms with E-state index >= 15 is 0 Å². The second-order valence-corrected chi connectivity index (χ2v) is 8.69. The Hall–Kier alpha value is -3.04. The molecule has 1 N–H and O–H groups in total. The maximum atomic E-state index is 13.5. The molecule has 2 saturated heterocycles. The van der Waals surface area contributed by atoms with Crippen molar-refractivity contribution in [1.82, 2.24) is 19.7 Å². The van der Waals surface area contributed by atoms with E-state index in [1.807, 2.05) is 6.07 Å². The summed E-state index contributed by atoms with van der Waals surface area (Å²) < 4.78 is 33.9. The fourth-order valence-electron chi connectivity index (χ4n) is 4.69. The number of ether oxygens (including phenoxy) is 1. The molecular weight excluding hydrogens is 426 g/mol. The molecule has 0 radical (unpaired) electrons. The molecule has 0 aliphatic carbocycles. The zero-order valence-electron chi connectivity index (χ0n) is 18.7. The third kappa shape index (κ3) is 5.15. The van der Waals surface area contributed by atoms with Crippen LogP contribution in [0.15, 0.2) is 42.7 Å². The summed E-state index contributed by atoms with van der Waals surface area (Å²) in [7, 11) is 0. The highest BCUT2D eigenvalue weighted by molar-refractivity contribution is 5.64. The van der Waals surface area contributed by atoms with Gasteiger partial charge in [0.25, 0.3) is 0 Å². The lowest BCUT2D eigenvalue weighted by Gasteiger charge is -2.41. The number of rotatable bonds is 5. The van der Waals surface area contributed by atoms with Gasteiger partial charge in [-0.25, -0.2) is 13.5 Å². The van der Waals surface area contributed by atoms with Gasteiger partial charge in [0.15, 0.2) is 0 Å². The third-order valence-corrected chi connectivity index (χ3v) is 6.31. The molecule has 1 aromatic heterocycles. The molecule has 7 nitrogen and oxygen atoms in total. The molecule has 2 fully saturated rings. The fourth-order valence-corrected chi connectivity index (χ4v) is 4.69. The molecule has 0 amide bonds. The average molecular weight is 457 g/mol. The largest absolute Gasteiger partial charge is 0.379 e. The molecule has 0 bridgehead atoms. The van der Waals surface area contributed by atoms with Crippen LogP contribution in [0.3, 0.4) is 0 Å². The Morgan fingerprint density at radius 2 is 1.67 bits per heavy atom. The van der Waals surface area contributed by atoms with E-state index < -0.39 is 11.6 Å². The van der Waals surface area contributed by atoms with Crippen molar-refractivity contribution in [2.24, 2.45) is 0 Å². The first-order valence-electron chi connectivity index (χ1n) is 11.4. The Morgan fingerprint density at radius 1 is 0.939 bits per heavy atom. The summed E-state index contributed by atoms with van der Waals surface area (Å²) in [4.78, 5) is 9.24. The Morgan fingerprint density at radius 3 is 2.39 bits per heavy atom. The van der Waals surface area contributed by atoms with Gasteiger partial charge < -0.3 is 15.0 Å². The van der Waals surface area contributed by atoms with E-state index in [0.29, 0.717) is 12.0 Å². The van der Waals surface area contributed by atoms with Gasteiger partial charge in [-0.2, -0.15) is 4.98 Å². The number of piperidine rings is 1. The first kappa shape index (κ1) is 21.8. The van der Waals surface area contributed by atoms with E-state index in [2.05, 4.69) is 44.3 Å². The first-order valence-corrected chi connectivity index (χ1v) is 11.4. The molecule has 33 heavy (non-hydrogen) atoms. The third-order valence-electron chi connectivity index (χ3n) is 6.31. The van der Waals surface area contributed by atoms with Gasteiger partial charge in [0.2, 0.25) is 5.95 Å². The summed E-state index contributed by atoms with van der Waals surface area (Å²) in [6, 6.07) is 10.2. The molecule has 0 unspecified atom stereocenters. The summed E-state index contributed by atoms with van der Waals surface area (Å²) >= 11 is 0. The Labute approximate surface area is 193 Å². The van der Waals surface area contributed by atoms with E-state index in [-0.39, 0.29) is 7.11 Å². The summed E-state index contributed by atoms with van der Waals surface area (Å²) in [5.74, 6) is -0.950. The summed E-state index contributed by atoms with van der Waals surface area (Å²) in [5.41, 5.74) is 3.46. The van der Waals surface area contributed by atoms with E-state index in [0.717, 1.165) is 69.6 Å². The van der Waals surface area contributed by atoms with Gasteiger partial charge in [-0.1, -0.05) is 0 Å². The van der Waals surface area contributed by atoms with Gasteiger partial charge in [-0.3, -0.25) is 4.90 Å².